The van der Waals surface area contributed by atoms with E-state index >= 15 is 0 Å². The number of carboxylic acids is 1. The van der Waals surface area contributed by atoms with Crippen molar-refractivity contribution in [3.8, 4) is 5.75 Å². The third-order valence-electron chi connectivity index (χ3n) is 3.94. The number of aromatic carboxylic acids is 1. The Morgan fingerprint density at radius 2 is 1.86 bits per heavy atom. The Bertz CT molecular complexity index is 433. The van der Waals surface area contributed by atoms with Gasteiger partial charge >= 0.3 is 5.97 Å². The highest BCUT2D eigenvalue weighted by molar-refractivity contribution is 5.87. The van der Waals surface area contributed by atoms with Gasteiger partial charge in [-0.15, -0.1) is 0 Å². The first-order valence-electron chi connectivity index (χ1n) is 7.76. The summed E-state index contributed by atoms with van der Waals surface area (Å²) in [6, 6.07) is 6.60. The van der Waals surface area contributed by atoms with Crippen LogP contribution < -0.4 is 4.74 Å². The van der Waals surface area contributed by atoms with Gasteiger partial charge in [0.25, 0.3) is 0 Å². The van der Waals surface area contributed by atoms with Gasteiger partial charge in [0.2, 0.25) is 0 Å². The second-order valence-corrected chi connectivity index (χ2v) is 5.65. The maximum atomic E-state index is 10.8. The standard InChI is InChI=1S/C17H24O4/c1-2-11-20-15-7-3-13(4-8-15)12-21-16-9-5-14(6-10-16)17(18)19/h5-6,9-10,13,15H,2-4,7-8,11-12H2,1H3,(H,18,19). The number of benzene rings is 1. The lowest BCUT2D eigenvalue weighted by Gasteiger charge is -2.28. The summed E-state index contributed by atoms with van der Waals surface area (Å²) in [7, 11) is 0. The normalized spacial score (nSPS) is 22.0. The van der Waals surface area contributed by atoms with Gasteiger partial charge in [-0.2, -0.15) is 0 Å². The van der Waals surface area contributed by atoms with Crippen LogP contribution in [-0.4, -0.2) is 30.4 Å². The highest BCUT2D eigenvalue weighted by Gasteiger charge is 2.21. The highest BCUT2D eigenvalue weighted by Crippen LogP contribution is 2.27. The molecule has 0 atom stereocenters. The summed E-state index contributed by atoms with van der Waals surface area (Å²) >= 11 is 0. The van der Waals surface area contributed by atoms with Crippen LogP contribution in [0.25, 0.3) is 0 Å². The molecule has 4 heteroatoms. The maximum Gasteiger partial charge on any atom is 0.335 e. The molecule has 1 fully saturated rings. The Hall–Kier alpha value is -1.55. The molecule has 0 saturated heterocycles. The smallest absolute Gasteiger partial charge is 0.335 e. The van der Waals surface area contributed by atoms with Crippen molar-refractivity contribution >= 4 is 5.97 Å². The average Bonchev–Trinajstić information content (AvgIpc) is 2.52. The van der Waals surface area contributed by atoms with E-state index in [1.807, 2.05) is 0 Å². The fourth-order valence-electron chi connectivity index (χ4n) is 2.66. The zero-order valence-corrected chi connectivity index (χ0v) is 12.6. The van der Waals surface area contributed by atoms with E-state index in [0.717, 1.165) is 44.5 Å². The summed E-state index contributed by atoms with van der Waals surface area (Å²) in [6.07, 6.45) is 6.02. The molecular weight excluding hydrogens is 268 g/mol. The average molecular weight is 292 g/mol. The summed E-state index contributed by atoms with van der Waals surface area (Å²) in [5.41, 5.74) is 0.288. The van der Waals surface area contributed by atoms with E-state index in [0.29, 0.717) is 18.6 Å². The summed E-state index contributed by atoms with van der Waals surface area (Å²) < 4.78 is 11.5. The summed E-state index contributed by atoms with van der Waals surface area (Å²) in [6.45, 7) is 3.70. The molecule has 1 N–H and O–H groups in total. The number of carboxylic acid groups (broad SMARTS) is 1. The van der Waals surface area contributed by atoms with Crippen molar-refractivity contribution in [2.45, 2.75) is 45.1 Å². The van der Waals surface area contributed by atoms with Crippen LogP contribution in [0.2, 0.25) is 0 Å². The lowest BCUT2D eigenvalue weighted by molar-refractivity contribution is 0.0132. The van der Waals surface area contributed by atoms with E-state index in [-0.39, 0.29) is 5.56 Å². The lowest BCUT2D eigenvalue weighted by atomic mass is 9.88. The van der Waals surface area contributed by atoms with E-state index in [1.54, 1.807) is 24.3 Å². The predicted octanol–water partition coefficient (Wildman–Crippen LogP) is 3.75. The number of rotatable bonds is 7. The molecule has 1 aliphatic carbocycles. The number of carbonyl (C=O) groups is 1. The molecule has 0 unspecified atom stereocenters. The van der Waals surface area contributed by atoms with Crippen LogP contribution in [0.5, 0.6) is 5.75 Å². The molecule has 0 bridgehead atoms. The van der Waals surface area contributed by atoms with Gasteiger partial charge in [-0.3, -0.25) is 0 Å². The maximum absolute atomic E-state index is 10.8. The highest BCUT2D eigenvalue weighted by atomic mass is 16.5. The first-order chi connectivity index (χ1) is 10.2. The number of hydrogen-bond donors (Lipinski definition) is 1. The van der Waals surface area contributed by atoms with E-state index in [4.69, 9.17) is 14.6 Å². The quantitative estimate of drug-likeness (QED) is 0.831. The molecule has 0 amide bonds. The molecule has 0 spiro atoms. The van der Waals surface area contributed by atoms with Crippen LogP contribution in [0.3, 0.4) is 0 Å². The minimum absolute atomic E-state index is 0.288. The molecule has 2 rings (SSSR count). The van der Waals surface area contributed by atoms with Gasteiger partial charge in [0.15, 0.2) is 0 Å². The van der Waals surface area contributed by atoms with Gasteiger partial charge in [0, 0.05) is 6.61 Å². The first kappa shape index (κ1) is 15.8. The minimum atomic E-state index is -0.910. The third kappa shape index (κ3) is 5.05. The third-order valence-corrected chi connectivity index (χ3v) is 3.94. The van der Waals surface area contributed by atoms with Crippen LogP contribution in [0.15, 0.2) is 24.3 Å². The molecule has 0 heterocycles. The molecule has 4 nitrogen and oxygen atoms in total. The van der Waals surface area contributed by atoms with Crippen molar-refractivity contribution in [2.75, 3.05) is 13.2 Å². The fourth-order valence-corrected chi connectivity index (χ4v) is 2.66. The Balaban J connectivity index is 1.70. The van der Waals surface area contributed by atoms with Gasteiger partial charge < -0.3 is 14.6 Å². The number of ether oxygens (including phenoxy) is 2. The van der Waals surface area contributed by atoms with Crippen LogP contribution in [0, 0.1) is 5.92 Å². The van der Waals surface area contributed by atoms with E-state index in [9.17, 15) is 4.79 Å². The summed E-state index contributed by atoms with van der Waals surface area (Å²) in [4.78, 5) is 10.8. The van der Waals surface area contributed by atoms with Gasteiger partial charge in [-0.1, -0.05) is 6.92 Å². The zero-order valence-electron chi connectivity index (χ0n) is 12.6. The molecule has 1 aromatic rings. The molecule has 0 aromatic heterocycles. The number of hydrogen-bond acceptors (Lipinski definition) is 3. The minimum Gasteiger partial charge on any atom is -0.493 e. The first-order valence-corrected chi connectivity index (χ1v) is 7.76. The Morgan fingerprint density at radius 3 is 2.43 bits per heavy atom. The van der Waals surface area contributed by atoms with Gasteiger partial charge in [0.05, 0.1) is 18.3 Å². The largest absolute Gasteiger partial charge is 0.493 e. The molecule has 0 aliphatic heterocycles. The Morgan fingerprint density at radius 1 is 1.19 bits per heavy atom. The Labute approximate surface area is 126 Å². The lowest BCUT2D eigenvalue weighted by Crippen LogP contribution is -2.25. The van der Waals surface area contributed by atoms with Crippen LogP contribution in [0.1, 0.15) is 49.4 Å². The van der Waals surface area contributed by atoms with Crippen molar-refractivity contribution in [3.05, 3.63) is 29.8 Å². The SMILES string of the molecule is CCCOC1CCC(COc2ccc(C(=O)O)cc2)CC1. The van der Waals surface area contributed by atoms with E-state index in [2.05, 4.69) is 6.92 Å². The van der Waals surface area contributed by atoms with Crippen molar-refractivity contribution in [3.63, 3.8) is 0 Å². The summed E-state index contributed by atoms with van der Waals surface area (Å²) in [5, 5.41) is 8.84. The molecular formula is C17H24O4. The van der Waals surface area contributed by atoms with Gasteiger partial charge in [0.1, 0.15) is 5.75 Å². The molecule has 0 radical (unpaired) electrons. The second-order valence-electron chi connectivity index (χ2n) is 5.65. The predicted molar refractivity (Wildman–Crippen MR) is 80.9 cm³/mol. The fraction of sp³-hybridized carbons (Fsp3) is 0.588. The van der Waals surface area contributed by atoms with E-state index < -0.39 is 5.97 Å². The Kier molecular flexibility index (Phi) is 6.05. The zero-order chi connectivity index (χ0) is 15.1. The van der Waals surface area contributed by atoms with Crippen molar-refractivity contribution < 1.29 is 19.4 Å². The molecule has 116 valence electrons. The summed E-state index contributed by atoms with van der Waals surface area (Å²) in [5.74, 6) is 0.405. The topological polar surface area (TPSA) is 55.8 Å². The molecule has 1 saturated carbocycles. The second kappa shape index (κ2) is 8.03. The van der Waals surface area contributed by atoms with Crippen LogP contribution >= 0.6 is 0 Å². The van der Waals surface area contributed by atoms with Crippen molar-refractivity contribution in [1.82, 2.24) is 0 Å². The van der Waals surface area contributed by atoms with Crippen LogP contribution in [0.4, 0.5) is 0 Å². The van der Waals surface area contributed by atoms with Crippen molar-refractivity contribution in [2.24, 2.45) is 5.92 Å². The van der Waals surface area contributed by atoms with Gasteiger partial charge in [-0.05, 0) is 62.3 Å². The molecule has 1 aliphatic rings. The van der Waals surface area contributed by atoms with Gasteiger partial charge in [-0.25, -0.2) is 4.79 Å². The van der Waals surface area contributed by atoms with Crippen LogP contribution in [-0.2, 0) is 4.74 Å². The van der Waals surface area contributed by atoms with Crippen molar-refractivity contribution in [1.29, 1.82) is 0 Å². The monoisotopic (exact) mass is 292 g/mol. The molecule has 1 aromatic carbocycles. The van der Waals surface area contributed by atoms with E-state index in [1.165, 1.54) is 0 Å². The molecule has 21 heavy (non-hydrogen) atoms.